The summed E-state index contributed by atoms with van der Waals surface area (Å²) < 4.78 is 38.0. The molecule has 2 N–H and O–H groups in total. The molecule has 1 aromatic carbocycles. The van der Waals surface area contributed by atoms with E-state index in [-0.39, 0.29) is 25.2 Å². The van der Waals surface area contributed by atoms with Gasteiger partial charge < -0.3 is 24.7 Å². The Balaban J connectivity index is 2.94. The molecule has 9 heteroatoms. The van der Waals surface area contributed by atoms with E-state index in [1.807, 2.05) is 0 Å². The van der Waals surface area contributed by atoms with E-state index < -0.39 is 30.1 Å². The fraction of sp³-hybridized carbons (Fsp3) is 0.529. The Morgan fingerprint density at radius 2 is 1.92 bits per heavy atom. The van der Waals surface area contributed by atoms with Gasteiger partial charge in [-0.1, -0.05) is 6.07 Å². The zero-order valence-electron chi connectivity index (χ0n) is 14.8. The molecule has 0 heterocycles. The number of nitrogens with zero attached hydrogens (tertiary/aromatic N) is 1. The Kier molecular flexibility index (Phi) is 9.71. The first-order chi connectivity index (χ1) is 12.4. The smallest absolute Gasteiger partial charge is 0.405 e. The van der Waals surface area contributed by atoms with Crippen molar-refractivity contribution < 1.29 is 33.0 Å². The second kappa shape index (κ2) is 11.5. The third-order valence-electron chi connectivity index (χ3n) is 3.45. The van der Waals surface area contributed by atoms with Crippen LogP contribution in [0, 0.1) is 11.6 Å². The van der Waals surface area contributed by atoms with Crippen LogP contribution in [0.3, 0.4) is 0 Å². The summed E-state index contributed by atoms with van der Waals surface area (Å²) in [6, 6.07) is 2.18. The summed E-state index contributed by atoms with van der Waals surface area (Å²) in [5.74, 6) is -1.43. The molecule has 1 unspecified atom stereocenters. The predicted molar refractivity (Wildman–Crippen MR) is 89.7 cm³/mol. The number of amides is 1. The van der Waals surface area contributed by atoms with Gasteiger partial charge >= 0.3 is 6.09 Å². The number of hydrogen-bond donors (Lipinski definition) is 2. The van der Waals surface area contributed by atoms with Crippen LogP contribution in [0.4, 0.5) is 13.6 Å². The number of carbonyl (C=O) groups is 2. The van der Waals surface area contributed by atoms with Crippen LogP contribution in [0.5, 0.6) is 0 Å². The average Bonchev–Trinajstić information content (AvgIpc) is 2.56. The maximum Gasteiger partial charge on any atom is 0.405 e. The first-order valence-electron chi connectivity index (χ1n) is 8.23. The van der Waals surface area contributed by atoms with Gasteiger partial charge in [-0.2, -0.15) is 0 Å². The maximum atomic E-state index is 14.0. The Bertz CT molecular complexity index is 582. The Labute approximate surface area is 150 Å². The standard InChI is InChI=1S/C17H24F2N2O5/c1-3-25-16(26-4-2)10-21(9-14(11-22)20-17(23)24)8-12-5-6-13(18)7-15(12)19/h5-7,11,14,16,20H,3-4,8-10H2,1-2H3,(H,23,24). The number of carboxylic acid groups (broad SMARTS) is 1. The van der Waals surface area contributed by atoms with Gasteiger partial charge in [0.25, 0.3) is 0 Å². The molecule has 0 fully saturated rings. The number of halogens is 2. The Morgan fingerprint density at radius 3 is 2.42 bits per heavy atom. The van der Waals surface area contributed by atoms with Crippen molar-refractivity contribution in [1.82, 2.24) is 10.2 Å². The van der Waals surface area contributed by atoms with Crippen molar-refractivity contribution in [3.8, 4) is 0 Å². The number of aldehydes is 1. The molecule has 1 atom stereocenters. The molecule has 0 aliphatic heterocycles. The Hall–Kier alpha value is -2.10. The summed E-state index contributed by atoms with van der Waals surface area (Å²) in [5.41, 5.74) is 0.207. The molecule has 146 valence electrons. The highest BCUT2D eigenvalue weighted by molar-refractivity contribution is 5.71. The zero-order valence-corrected chi connectivity index (χ0v) is 14.8. The monoisotopic (exact) mass is 374 g/mol. The molecular weight excluding hydrogens is 350 g/mol. The zero-order chi connectivity index (χ0) is 19.5. The summed E-state index contributed by atoms with van der Waals surface area (Å²) in [7, 11) is 0. The molecule has 1 rings (SSSR count). The minimum Gasteiger partial charge on any atom is -0.465 e. The summed E-state index contributed by atoms with van der Waals surface area (Å²) in [6.07, 6.45) is -1.52. The van der Waals surface area contributed by atoms with Gasteiger partial charge in [-0.15, -0.1) is 0 Å². The van der Waals surface area contributed by atoms with Crippen LogP contribution >= 0.6 is 0 Å². The summed E-state index contributed by atoms with van der Waals surface area (Å²) in [4.78, 5) is 23.5. The van der Waals surface area contributed by atoms with Gasteiger partial charge in [-0.05, 0) is 19.9 Å². The van der Waals surface area contributed by atoms with Crippen LogP contribution in [0.2, 0.25) is 0 Å². The van der Waals surface area contributed by atoms with Crippen LogP contribution in [0.25, 0.3) is 0 Å². The van der Waals surface area contributed by atoms with Gasteiger partial charge in [0.15, 0.2) is 6.29 Å². The number of carbonyl (C=O) groups excluding carboxylic acids is 1. The van der Waals surface area contributed by atoms with Gasteiger partial charge in [0, 0.05) is 44.5 Å². The highest BCUT2D eigenvalue weighted by Gasteiger charge is 2.21. The van der Waals surface area contributed by atoms with Gasteiger partial charge in [-0.25, -0.2) is 13.6 Å². The van der Waals surface area contributed by atoms with Crippen molar-refractivity contribution >= 4 is 12.4 Å². The van der Waals surface area contributed by atoms with E-state index in [1.165, 1.54) is 6.07 Å². The van der Waals surface area contributed by atoms with E-state index in [0.29, 0.717) is 19.5 Å². The second-order valence-corrected chi connectivity index (χ2v) is 5.46. The van der Waals surface area contributed by atoms with Crippen molar-refractivity contribution in [3.05, 3.63) is 35.4 Å². The molecule has 0 saturated heterocycles. The van der Waals surface area contributed by atoms with Crippen LogP contribution in [0.15, 0.2) is 18.2 Å². The molecule has 0 radical (unpaired) electrons. The fourth-order valence-corrected chi connectivity index (χ4v) is 2.39. The third kappa shape index (κ3) is 7.85. The normalized spacial score (nSPS) is 12.4. The van der Waals surface area contributed by atoms with Gasteiger partial charge in [0.05, 0.1) is 0 Å². The van der Waals surface area contributed by atoms with Crippen LogP contribution in [0.1, 0.15) is 19.4 Å². The van der Waals surface area contributed by atoms with Crippen LogP contribution in [-0.2, 0) is 20.8 Å². The van der Waals surface area contributed by atoms with Gasteiger partial charge in [0.1, 0.15) is 24.0 Å². The molecule has 0 bridgehead atoms. The SMILES string of the molecule is CCOC(CN(Cc1ccc(F)cc1F)CC(C=O)NC(=O)O)OCC. The van der Waals surface area contributed by atoms with E-state index >= 15 is 0 Å². The van der Waals surface area contributed by atoms with Crippen molar-refractivity contribution in [2.45, 2.75) is 32.7 Å². The number of rotatable bonds is 12. The lowest BCUT2D eigenvalue weighted by Crippen LogP contribution is -2.46. The van der Waals surface area contributed by atoms with E-state index in [1.54, 1.807) is 18.7 Å². The number of hydrogen-bond acceptors (Lipinski definition) is 5. The van der Waals surface area contributed by atoms with Crippen molar-refractivity contribution in [2.75, 3.05) is 26.3 Å². The maximum absolute atomic E-state index is 14.0. The van der Waals surface area contributed by atoms with Crippen LogP contribution < -0.4 is 5.32 Å². The number of nitrogens with one attached hydrogen (secondary N) is 1. The lowest BCUT2D eigenvalue weighted by molar-refractivity contribution is -0.148. The minimum atomic E-state index is -1.35. The molecule has 7 nitrogen and oxygen atoms in total. The van der Waals surface area contributed by atoms with Crippen molar-refractivity contribution in [2.24, 2.45) is 0 Å². The largest absolute Gasteiger partial charge is 0.465 e. The summed E-state index contributed by atoms with van der Waals surface area (Å²) >= 11 is 0. The fourth-order valence-electron chi connectivity index (χ4n) is 2.39. The molecule has 0 spiro atoms. The van der Waals surface area contributed by atoms with E-state index in [9.17, 15) is 18.4 Å². The second-order valence-electron chi connectivity index (χ2n) is 5.46. The highest BCUT2D eigenvalue weighted by Crippen LogP contribution is 2.14. The lowest BCUT2D eigenvalue weighted by atomic mass is 10.1. The molecule has 1 aromatic rings. The Morgan fingerprint density at radius 1 is 1.27 bits per heavy atom. The first kappa shape index (κ1) is 21.9. The summed E-state index contributed by atoms with van der Waals surface area (Å²) in [6.45, 7) is 4.51. The number of ether oxygens (including phenoxy) is 2. The molecular formula is C17H24F2N2O5. The van der Waals surface area contributed by atoms with E-state index in [0.717, 1.165) is 12.1 Å². The highest BCUT2D eigenvalue weighted by atomic mass is 19.1. The molecule has 0 saturated carbocycles. The molecule has 0 aliphatic carbocycles. The molecule has 1 amide bonds. The quantitative estimate of drug-likeness (QED) is 0.430. The van der Waals surface area contributed by atoms with Crippen LogP contribution in [-0.4, -0.2) is 61.0 Å². The predicted octanol–water partition coefficient (Wildman–Crippen LogP) is 2.00. The molecule has 0 aliphatic rings. The first-order valence-corrected chi connectivity index (χ1v) is 8.23. The number of benzene rings is 1. The van der Waals surface area contributed by atoms with Gasteiger partial charge in [-0.3, -0.25) is 4.90 Å². The average molecular weight is 374 g/mol. The third-order valence-corrected chi connectivity index (χ3v) is 3.45. The lowest BCUT2D eigenvalue weighted by Gasteiger charge is -2.29. The molecule has 0 aromatic heterocycles. The van der Waals surface area contributed by atoms with Crippen molar-refractivity contribution in [3.63, 3.8) is 0 Å². The van der Waals surface area contributed by atoms with Crippen molar-refractivity contribution in [1.29, 1.82) is 0 Å². The topological polar surface area (TPSA) is 88.1 Å². The minimum absolute atomic E-state index is 0.0222. The van der Waals surface area contributed by atoms with Gasteiger partial charge in [0.2, 0.25) is 0 Å². The van der Waals surface area contributed by atoms with E-state index in [4.69, 9.17) is 14.6 Å². The summed E-state index contributed by atoms with van der Waals surface area (Å²) in [5, 5.41) is 10.9. The molecule has 26 heavy (non-hydrogen) atoms. The van der Waals surface area contributed by atoms with E-state index in [2.05, 4.69) is 5.32 Å².